The van der Waals surface area contributed by atoms with Gasteiger partial charge >= 0.3 is 0 Å². The highest BCUT2D eigenvalue weighted by Gasteiger charge is 2.11. The Hall–Kier alpha value is -1.18. The summed E-state index contributed by atoms with van der Waals surface area (Å²) in [5.41, 5.74) is 1.01. The lowest BCUT2D eigenvalue weighted by Crippen LogP contribution is -2.18. The number of thiophene rings is 1. The molecule has 0 aliphatic heterocycles. The van der Waals surface area contributed by atoms with E-state index in [4.69, 9.17) is 0 Å². The van der Waals surface area contributed by atoms with Crippen LogP contribution in [0.4, 0.5) is 0 Å². The van der Waals surface area contributed by atoms with Crippen molar-refractivity contribution in [3.63, 3.8) is 0 Å². The molecule has 7 heteroatoms. The summed E-state index contributed by atoms with van der Waals surface area (Å²) in [6.07, 6.45) is 1.47. The Bertz CT molecular complexity index is 691. The lowest BCUT2D eigenvalue weighted by molar-refractivity contribution is 0.584. The average Bonchev–Trinajstić information content (AvgIpc) is 2.75. The fraction of sp³-hybridized carbons (Fsp3) is 0.0833. The van der Waals surface area contributed by atoms with Crippen molar-refractivity contribution >= 4 is 43.5 Å². The summed E-state index contributed by atoms with van der Waals surface area (Å²) in [5.74, 6) is 0. The molecule has 2 aromatic rings. The van der Waals surface area contributed by atoms with Crippen molar-refractivity contribution < 1.29 is 8.42 Å². The molecule has 1 aromatic carbocycles. The number of rotatable bonds is 4. The fourth-order valence-corrected chi connectivity index (χ4v) is 3.42. The number of nitrogens with zero attached hydrogens (tertiary/aromatic N) is 1. The maximum Gasteiger partial charge on any atom is 0.276 e. The summed E-state index contributed by atoms with van der Waals surface area (Å²) in [6, 6.07) is 8.45. The smallest absolute Gasteiger partial charge is 0.200 e. The van der Waals surface area contributed by atoms with Gasteiger partial charge in [-0.1, -0.05) is 17.7 Å². The van der Waals surface area contributed by atoms with Crippen LogP contribution in [0.2, 0.25) is 0 Å². The average molecular weight is 359 g/mol. The minimum absolute atomic E-state index is 0.197. The van der Waals surface area contributed by atoms with E-state index in [0.29, 0.717) is 0 Å². The first-order valence-electron chi connectivity index (χ1n) is 5.33. The molecule has 1 aromatic heterocycles. The van der Waals surface area contributed by atoms with Crippen molar-refractivity contribution in [3.05, 3.63) is 50.6 Å². The zero-order chi connectivity index (χ0) is 13.9. The number of halogens is 1. The third kappa shape index (κ3) is 3.89. The Labute approximate surface area is 124 Å². The lowest BCUT2D eigenvalue weighted by Gasteiger charge is -2.02. The second-order valence-electron chi connectivity index (χ2n) is 3.83. The lowest BCUT2D eigenvalue weighted by atomic mass is 10.2. The molecular formula is C12H11BrN2O2S2. The molecule has 0 unspecified atom stereocenters. The molecule has 19 heavy (non-hydrogen) atoms. The van der Waals surface area contributed by atoms with E-state index in [-0.39, 0.29) is 4.90 Å². The molecule has 0 bridgehead atoms. The van der Waals surface area contributed by atoms with Crippen LogP contribution in [-0.2, 0) is 10.0 Å². The summed E-state index contributed by atoms with van der Waals surface area (Å²) >= 11 is 4.78. The molecular weight excluding hydrogens is 348 g/mol. The third-order valence-corrected chi connectivity index (χ3v) is 5.15. The Kier molecular flexibility index (Phi) is 4.38. The monoisotopic (exact) mass is 358 g/mol. The Morgan fingerprint density at radius 2 is 2.00 bits per heavy atom. The highest BCUT2D eigenvalue weighted by atomic mass is 79.9. The summed E-state index contributed by atoms with van der Waals surface area (Å²) in [5, 5.41) is 5.65. The highest BCUT2D eigenvalue weighted by Crippen LogP contribution is 2.17. The molecule has 0 fully saturated rings. The van der Waals surface area contributed by atoms with Crippen molar-refractivity contribution in [2.45, 2.75) is 11.8 Å². The number of sulfonamides is 1. The molecule has 0 spiro atoms. The van der Waals surface area contributed by atoms with Crippen LogP contribution in [0.5, 0.6) is 0 Å². The van der Waals surface area contributed by atoms with Crippen LogP contribution in [0.15, 0.2) is 50.2 Å². The molecule has 4 nitrogen and oxygen atoms in total. The van der Waals surface area contributed by atoms with Gasteiger partial charge in [0.25, 0.3) is 10.0 Å². The zero-order valence-corrected chi connectivity index (χ0v) is 13.2. The summed E-state index contributed by atoms with van der Waals surface area (Å²) in [7, 11) is -3.60. The first-order valence-corrected chi connectivity index (χ1v) is 8.48. The van der Waals surface area contributed by atoms with E-state index in [1.807, 2.05) is 18.4 Å². The van der Waals surface area contributed by atoms with Crippen LogP contribution in [0.1, 0.15) is 10.4 Å². The number of nitrogens with one attached hydrogen (secondary N) is 1. The van der Waals surface area contributed by atoms with Gasteiger partial charge in [-0.15, -0.1) is 11.3 Å². The number of hydrazone groups is 1. The molecule has 100 valence electrons. The summed E-state index contributed by atoms with van der Waals surface area (Å²) in [4.78, 5) is 3.24. The maximum atomic E-state index is 11.9. The maximum absolute atomic E-state index is 11.9. The van der Waals surface area contributed by atoms with Crippen molar-refractivity contribution in [1.82, 2.24) is 4.83 Å². The van der Waals surface area contributed by atoms with Gasteiger partial charge in [-0.2, -0.15) is 13.5 Å². The van der Waals surface area contributed by atoms with Crippen molar-refractivity contribution in [2.75, 3.05) is 0 Å². The molecule has 1 heterocycles. The number of aryl methyl sites for hydroxylation is 1. The molecule has 0 aliphatic rings. The van der Waals surface area contributed by atoms with Gasteiger partial charge in [-0.05, 0) is 41.1 Å². The van der Waals surface area contributed by atoms with Crippen LogP contribution < -0.4 is 4.83 Å². The minimum Gasteiger partial charge on any atom is -0.200 e. The normalized spacial score (nSPS) is 11.9. The van der Waals surface area contributed by atoms with Crippen molar-refractivity contribution in [3.8, 4) is 0 Å². The summed E-state index contributed by atoms with van der Waals surface area (Å²) < 4.78 is 24.8. The van der Waals surface area contributed by atoms with Crippen molar-refractivity contribution in [1.29, 1.82) is 0 Å². The van der Waals surface area contributed by atoms with E-state index < -0.39 is 10.0 Å². The molecule has 0 amide bonds. The number of hydrogen-bond acceptors (Lipinski definition) is 4. The summed E-state index contributed by atoms with van der Waals surface area (Å²) in [6.45, 7) is 1.90. The fourth-order valence-electron chi connectivity index (χ4n) is 1.33. The second-order valence-corrected chi connectivity index (χ2v) is 7.35. The van der Waals surface area contributed by atoms with E-state index in [1.54, 1.807) is 24.3 Å². The first kappa shape index (κ1) is 14.2. The standard InChI is InChI=1S/C12H11BrN2O2S2/c1-9-2-4-12(5-3-9)19(16,17)15-14-7-11-6-10(13)8-18-11/h2-8,15H,1H3/b14-7-. The van der Waals surface area contributed by atoms with Crippen LogP contribution in [0.3, 0.4) is 0 Å². The number of benzene rings is 1. The van der Waals surface area contributed by atoms with Gasteiger partial charge in [0.1, 0.15) is 0 Å². The van der Waals surface area contributed by atoms with Gasteiger partial charge < -0.3 is 0 Å². The van der Waals surface area contributed by atoms with Crippen LogP contribution in [0, 0.1) is 6.92 Å². The minimum atomic E-state index is -3.60. The Morgan fingerprint density at radius 1 is 1.32 bits per heavy atom. The molecule has 0 saturated heterocycles. The molecule has 0 atom stereocenters. The van der Waals surface area contributed by atoms with Gasteiger partial charge in [-0.3, -0.25) is 0 Å². The van der Waals surface area contributed by atoms with Gasteiger partial charge in [0, 0.05) is 14.7 Å². The highest BCUT2D eigenvalue weighted by molar-refractivity contribution is 9.10. The van der Waals surface area contributed by atoms with Gasteiger partial charge in [0.05, 0.1) is 11.1 Å². The molecule has 1 N–H and O–H groups in total. The van der Waals surface area contributed by atoms with Crippen LogP contribution >= 0.6 is 27.3 Å². The quantitative estimate of drug-likeness (QED) is 0.674. The second kappa shape index (κ2) is 5.85. The predicted molar refractivity (Wildman–Crippen MR) is 81.1 cm³/mol. The Morgan fingerprint density at radius 3 is 2.58 bits per heavy atom. The van der Waals surface area contributed by atoms with Crippen molar-refractivity contribution in [2.24, 2.45) is 5.10 Å². The first-order chi connectivity index (χ1) is 8.97. The zero-order valence-electron chi connectivity index (χ0n) is 10.00. The van der Waals surface area contributed by atoms with Gasteiger partial charge in [0.15, 0.2) is 0 Å². The van der Waals surface area contributed by atoms with Gasteiger partial charge in [-0.25, -0.2) is 4.83 Å². The SMILES string of the molecule is Cc1ccc(S(=O)(=O)N/N=C\c2cc(Br)cs2)cc1. The Balaban J connectivity index is 2.09. The van der Waals surface area contributed by atoms with E-state index >= 15 is 0 Å². The predicted octanol–water partition coefficient (Wildman–Crippen LogP) is 3.13. The molecule has 0 saturated carbocycles. The van der Waals surface area contributed by atoms with E-state index in [1.165, 1.54) is 17.6 Å². The van der Waals surface area contributed by atoms with Crippen LogP contribution in [0.25, 0.3) is 0 Å². The third-order valence-electron chi connectivity index (χ3n) is 2.28. The number of hydrogen-bond donors (Lipinski definition) is 1. The van der Waals surface area contributed by atoms with Gasteiger partial charge in [0.2, 0.25) is 0 Å². The molecule has 0 aliphatic carbocycles. The largest absolute Gasteiger partial charge is 0.276 e. The van der Waals surface area contributed by atoms with E-state index in [0.717, 1.165) is 14.9 Å². The van der Waals surface area contributed by atoms with E-state index in [9.17, 15) is 8.42 Å². The molecule has 2 rings (SSSR count). The van der Waals surface area contributed by atoms with E-state index in [2.05, 4.69) is 25.9 Å². The molecule has 0 radical (unpaired) electrons. The topological polar surface area (TPSA) is 58.5 Å². The van der Waals surface area contributed by atoms with Crippen LogP contribution in [-0.4, -0.2) is 14.6 Å².